The zero-order chi connectivity index (χ0) is 24.6. The van der Waals surface area contributed by atoms with Gasteiger partial charge in [-0.25, -0.2) is 0 Å². The Bertz CT molecular complexity index is 1030. The highest BCUT2D eigenvalue weighted by Gasteiger charge is 2.35. The predicted octanol–water partition coefficient (Wildman–Crippen LogP) is 0.120. The average Bonchev–Trinajstić information content (AvgIpc) is 2.86. The summed E-state index contributed by atoms with van der Waals surface area (Å²) in [5, 5.41) is 2.98. The number of carbonyl (C=O) groups excluding carboxylic acids is 3. The van der Waals surface area contributed by atoms with Crippen molar-refractivity contribution in [1.82, 2.24) is 0 Å². The third kappa shape index (κ3) is 7.16. The Balaban J connectivity index is 1.15. The highest BCUT2D eigenvalue weighted by molar-refractivity contribution is 6.16. The van der Waals surface area contributed by atoms with Crippen LogP contribution in [0.5, 0.6) is 0 Å². The van der Waals surface area contributed by atoms with Gasteiger partial charge in [-0.2, -0.15) is 0 Å². The number of Topliss-reactive ketones (excluding diaryl/α,β-unsaturated/α-hetero) is 2. The molecular weight excluding hydrogens is 440 g/mol. The Labute approximate surface area is 207 Å². The first-order valence-electron chi connectivity index (χ1n) is 12.6. The van der Waals surface area contributed by atoms with E-state index in [1.807, 2.05) is 61.5 Å². The van der Waals surface area contributed by atoms with E-state index in [0.717, 1.165) is 44.0 Å². The third-order valence-corrected chi connectivity index (χ3v) is 7.12. The van der Waals surface area contributed by atoms with Crippen molar-refractivity contribution in [3.63, 3.8) is 0 Å². The fourth-order valence-corrected chi connectivity index (χ4v) is 4.97. The minimum Gasteiger partial charge on any atom is -0.324 e. The number of amides is 1. The Morgan fingerprint density at radius 3 is 2.23 bits per heavy atom. The number of nitrogens with zero attached hydrogens (tertiary/aromatic N) is 1. The average molecular weight is 477 g/mol. The zero-order valence-corrected chi connectivity index (χ0v) is 20.5. The number of aliphatic imine (C=N–C) groups is 1. The second kappa shape index (κ2) is 12.0. The van der Waals surface area contributed by atoms with Gasteiger partial charge in [0.2, 0.25) is 0 Å². The maximum Gasteiger partial charge on any atom is 0.279 e. The van der Waals surface area contributed by atoms with E-state index < -0.39 is 5.92 Å². The molecule has 2 aromatic carbocycles. The number of nitrogens with one attached hydrogen (secondary N) is 3. The minimum absolute atomic E-state index is 0.0111. The molecule has 1 saturated carbocycles. The van der Waals surface area contributed by atoms with Crippen molar-refractivity contribution >= 4 is 29.4 Å². The van der Waals surface area contributed by atoms with Crippen molar-refractivity contribution in [2.75, 3.05) is 51.1 Å². The van der Waals surface area contributed by atoms with Crippen LogP contribution < -0.4 is 15.1 Å². The van der Waals surface area contributed by atoms with Crippen molar-refractivity contribution in [2.24, 2.45) is 10.9 Å². The zero-order valence-electron chi connectivity index (χ0n) is 20.5. The number of anilines is 1. The van der Waals surface area contributed by atoms with Crippen LogP contribution in [0.2, 0.25) is 0 Å². The third-order valence-electron chi connectivity index (χ3n) is 7.12. The molecule has 2 aromatic rings. The van der Waals surface area contributed by atoms with Gasteiger partial charge in [0.1, 0.15) is 43.7 Å². The quantitative estimate of drug-likeness (QED) is 0.374. The summed E-state index contributed by atoms with van der Waals surface area (Å²) in [6.07, 6.45) is 2.39. The van der Waals surface area contributed by atoms with Crippen molar-refractivity contribution < 1.29 is 24.2 Å². The molecule has 35 heavy (non-hydrogen) atoms. The number of carbonyl (C=O) groups is 3. The summed E-state index contributed by atoms with van der Waals surface area (Å²) in [4.78, 5) is 44.7. The van der Waals surface area contributed by atoms with Crippen LogP contribution in [0, 0.1) is 12.8 Å². The maximum absolute atomic E-state index is 12.6. The Morgan fingerprint density at radius 1 is 0.943 bits per heavy atom. The second-order valence-electron chi connectivity index (χ2n) is 9.82. The number of quaternary nitrogens is 2. The molecule has 184 valence electrons. The van der Waals surface area contributed by atoms with E-state index in [2.05, 4.69) is 10.3 Å². The molecular formula is C28H36N4O3+2. The summed E-state index contributed by atoms with van der Waals surface area (Å²) >= 11 is 0. The monoisotopic (exact) mass is 476 g/mol. The van der Waals surface area contributed by atoms with Crippen LogP contribution in [0.1, 0.15) is 29.9 Å². The first-order chi connectivity index (χ1) is 17.0. The summed E-state index contributed by atoms with van der Waals surface area (Å²) in [5.74, 6) is -0.686. The van der Waals surface area contributed by atoms with Crippen LogP contribution in [0.3, 0.4) is 0 Å². The van der Waals surface area contributed by atoms with Gasteiger partial charge < -0.3 is 15.1 Å². The van der Waals surface area contributed by atoms with Gasteiger partial charge in [0.05, 0.1) is 13.1 Å². The number of aryl methyl sites for hydroxylation is 1. The van der Waals surface area contributed by atoms with Crippen LogP contribution in [0.4, 0.5) is 5.69 Å². The maximum atomic E-state index is 12.6. The van der Waals surface area contributed by atoms with E-state index in [-0.39, 0.29) is 23.4 Å². The fourth-order valence-electron chi connectivity index (χ4n) is 4.97. The van der Waals surface area contributed by atoms with E-state index in [0.29, 0.717) is 25.9 Å². The van der Waals surface area contributed by atoms with Crippen LogP contribution >= 0.6 is 0 Å². The summed E-state index contributed by atoms with van der Waals surface area (Å²) in [6, 6.07) is 17.7. The van der Waals surface area contributed by atoms with Crippen molar-refractivity contribution in [3.8, 4) is 0 Å². The lowest BCUT2D eigenvalue weighted by atomic mass is 9.77. The molecule has 1 heterocycles. The molecule has 0 atom stereocenters. The smallest absolute Gasteiger partial charge is 0.279 e. The molecule has 1 amide bonds. The van der Waals surface area contributed by atoms with Gasteiger partial charge in [-0.15, -0.1) is 0 Å². The molecule has 0 unspecified atom stereocenters. The SMILES string of the molecule is Cc1ccc(NC(=O)C[NH+]2CC[NH+](CCN=CC3C(=O)CC(c4ccccc4)CC3=O)CC2)cc1. The highest BCUT2D eigenvalue weighted by atomic mass is 16.2. The Kier molecular flexibility index (Phi) is 8.55. The molecule has 2 fully saturated rings. The summed E-state index contributed by atoms with van der Waals surface area (Å²) < 4.78 is 0. The van der Waals surface area contributed by atoms with Gasteiger partial charge in [0.25, 0.3) is 5.91 Å². The van der Waals surface area contributed by atoms with E-state index in [1.165, 1.54) is 15.4 Å². The van der Waals surface area contributed by atoms with Gasteiger partial charge in [-0.3, -0.25) is 19.4 Å². The number of rotatable bonds is 8. The first kappa shape index (κ1) is 24.9. The first-order valence-corrected chi connectivity index (χ1v) is 12.6. The van der Waals surface area contributed by atoms with Gasteiger partial charge in [-0.05, 0) is 30.5 Å². The van der Waals surface area contributed by atoms with E-state index >= 15 is 0 Å². The number of hydrogen-bond donors (Lipinski definition) is 3. The van der Waals surface area contributed by atoms with Gasteiger partial charge in [-0.1, -0.05) is 48.0 Å². The van der Waals surface area contributed by atoms with E-state index in [9.17, 15) is 14.4 Å². The lowest BCUT2D eigenvalue weighted by molar-refractivity contribution is -1.01. The second-order valence-corrected chi connectivity index (χ2v) is 9.82. The molecule has 2 aliphatic rings. The molecule has 3 N–H and O–H groups in total. The molecule has 1 aliphatic heterocycles. The molecule has 0 radical (unpaired) electrons. The highest BCUT2D eigenvalue weighted by Crippen LogP contribution is 2.31. The number of piperazine rings is 1. The van der Waals surface area contributed by atoms with E-state index in [1.54, 1.807) is 6.21 Å². The van der Waals surface area contributed by atoms with Crippen LogP contribution in [-0.2, 0) is 14.4 Å². The minimum atomic E-state index is -0.682. The van der Waals surface area contributed by atoms with Crippen molar-refractivity contribution in [2.45, 2.75) is 25.7 Å². The number of ketones is 2. The molecule has 1 aliphatic carbocycles. The van der Waals surface area contributed by atoms with Gasteiger partial charge in [0.15, 0.2) is 6.54 Å². The molecule has 7 nitrogen and oxygen atoms in total. The lowest BCUT2D eigenvalue weighted by Gasteiger charge is -2.29. The predicted molar refractivity (Wildman–Crippen MR) is 136 cm³/mol. The lowest BCUT2D eigenvalue weighted by Crippen LogP contribution is -3.28. The topological polar surface area (TPSA) is 84.5 Å². The molecule has 1 saturated heterocycles. The Hall–Kier alpha value is -3.16. The molecule has 0 bridgehead atoms. The van der Waals surface area contributed by atoms with Crippen molar-refractivity contribution in [1.29, 1.82) is 0 Å². The van der Waals surface area contributed by atoms with Crippen LogP contribution in [0.15, 0.2) is 59.6 Å². The van der Waals surface area contributed by atoms with Crippen LogP contribution in [-0.4, -0.2) is 69.5 Å². The fraction of sp³-hybridized carbons (Fsp3) is 0.429. The van der Waals surface area contributed by atoms with Crippen LogP contribution in [0.25, 0.3) is 0 Å². The van der Waals surface area contributed by atoms with Crippen molar-refractivity contribution in [3.05, 3.63) is 65.7 Å². The standard InChI is InChI=1S/C28H34N4O3/c1-21-7-9-24(10-8-21)30-28(35)20-32-15-13-31(14-16-32)12-11-29-19-25-26(33)17-23(18-27(25)34)22-5-3-2-4-6-22/h2-10,19,23,25H,11-18,20H2,1H3,(H,30,35)/p+2. The summed E-state index contributed by atoms with van der Waals surface area (Å²) in [6.45, 7) is 7.86. The largest absolute Gasteiger partial charge is 0.324 e. The molecule has 0 aromatic heterocycles. The summed E-state index contributed by atoms with van der Waals surface area (Å²) in [7, 11) is 0. The summed E-state index contributed by atoms with van der Waals surface area (Å²) in [5.41, 5.74) is 3.07. The molecule has 4 rings (SSSR count). The normalized spacial score (nSPS) is 25.1. The number of benzene rings is 2. The van der Waals surface area contributed by atoms with E-state index in [4.69, 9.17) is 0 Å². The van der Waals surface area contributed by atoms with Gasteiger partial charge in [0, 0.05) is 24.7 Å². The number of hydrogen-bond acceptors (Lipinski definition) is 4. The molecule has 0 spiro atoms. The van der Waals surface area contributed by atoms with Gasteiger partial charge >= 0.3 is 0 Å². The Morgan fingerprint density at radius 2 is 1.57 bits per heavy atom. The molecule has 7 heteroatoms.